The molecule has 142 valence electrons. The highest BCUT2D eigenvalue weighted by Crippen LogP contribution is 2.14. The Morgan fingerprint density at radius 1 is 1.40 bits per heavy atom. The molecule has 7 nitrogen and oxygen atoms in total. The van der Waals surface area contributed by atoms with Crippen LogP contribution in [-0.4, -0.2) is 55.2 Å². The number of quaternary nitrogens is 1. The average Bonchev–Trinajstić information content (AvgIpc) is 2.95. The Bertz CT molecular complexity index is 582. The van der Waals surface area contributed by atoms with Gasteiger partial charge >= 0.3 is 5.97 Å². The first kappa shape index (κ1) is 20.3. The third-order valence-corrected chi connectivity index (χ3v) is 5.50. The van der Waals surface area contributed by atoms with Crippen LogP contribution in [0, 0.1) is 9.87 Å². The standard InChI is InChI=1S/C16H28N4O3S2/c1-3-22-11-5-8-17-15-18-20(16(24)25-15)12-19-9-6-13(7-10-19)14(21)23-4-2/h13H,3-12H2,1-2H3,(H,17,18)/p+1. The van der Waals surface area contributed by atoms with Crippen LogP contribution in [-0.2, 0) is 20.9 Å². The minimum absolute atomic E-state index is 0.0506. The molecule has 2 rings (SSSR count). The number of nitrogens with zero attached hydrogens (tertiary/aromatic N) is 2. The van der Waals surface area contributed by atoms with Gasteiger partial charge in [0, 0.05) is 32.6 Å². The number of hydrogen-bond donors (Lipinski definition) is 2. The van der Waals surface area contributed by atoms with Crippen LogP contribution in [0.5, 0.6) is 0 Å². The van der Waals surface area contributed by atoms with Gasteiger partial charge in [-0.2, -0.15) is 4.68 Å². The highest BCUT2D eigenvalue weighted by atomic mass is 32.1. The van der Waals surface area contributed by atoms with Crippen molar-refractivity contribution >= 4 is 34.7 Å². The molecule has 0 aliphatic carbocycles. The molecule has 0 unspecified atom stereocenters. The first-order chi connectivity index (χ1) is 12.1. The Morgan fingerprint density at radius 2 is 2.16 bits per heavy atom. The van der Waals surface area contributed by atoms with E-state index in [1.165, 1.54) is 16.2 Å². The van der Waals surface area contributed by atoms with Crippen LogP contribution in [0.1, 0.15) is 33.1 Å². The fraction of sp³-hybridized carbons (Fsp3) is 0.812. The van der Waals surface area contributed by atoms with Crippen LogP contribution in [0.2, 0.25) is 0 Å². The molecule has 0 bridgehead atoms. The fourth-order valence-electron chi connectivity index (χ4n) is 2.88. The lowest BCUT2D eigenvalue weighted by molar-refractivity contribution is -0.928. The average molecular weight is 390 g/mol. The van der Waals surface area contributed by atoms with Crippen molar-refractivity contribution in [2.45, 2.75) is 39.8 Å². The SMILES string of the molecule is CCOCCCNc1nn(C[NH+]2CCC(C(=O)OCC)CC2)c(=S)s1. The summed E-state index contributed by atoms with van der Waals surface area (Å²) < 4.78 is 13.1. The molecule has 0 amide bonds. The molecule has 0 aromatic carbocycles. The summed E-state index contributed by atoms with van der Waals surface area (Å²) in [6, 6.07) is 0. The Balaban J connectivity index is 1.76. The molecule has 0 saturated carbocycles. The Kier molecular flexibility index (Phi) is 8.80. The quantitative estimate of drug-likeness (QED) is 0.357. The predicted octanol–water partition coefficient (Wildman–Crippen LogP) is 1.33. The summed E-state index contributed by atoms with van der Waals surface area (Å²) in [5.41, 5.74) is 0. The molecule has 1 aliphatic heterocycles. The molecule has 25 heavy (non-hydrogen) atoms. The minimum Gasteiger partial charge on any atom is -0.466 e. The second kappa shape index (κ2) is 10.8. The Morgan fingerprint density at radius 3 is 2.84 bits per heavy atom. The van der Waals surface area contributed by atoms with Crippen LogP contribution in [0.3, 0.4) is 0 Å². The van der Waals surface area contributed by atoms with E-state index in [4.69, 9.17) is 21.7 Å². The zero-order valence-corrected chi connectivity index (χ0v) is 16.7. The summed E-state index contributed by atoms with van der Waals surface area (Å²) in [7, 11) is 0. The van der Waals surface area contributed by atoms with E-state index in [1.807, 2.05) is 18.5 Å². The van der Waals surface area contributed by atoms with Gasteiger partial charge in [0.25, 0.3) is 0 Å². The van der Waals surface area contributed by atoms with Gasteiger partial charge in [-0.3, -0.25) is 4.79 Å². The van der Waals surface area contributed by atoms with E-state index < -0.39 is 0 Å². The number of anilines is 1. The molecule has 0 atom stereocenters. The largest absolute Gasteiger partial charge is 0.466 e. The summed E-state index contributed by atoms with van der Waals surface area (Å²) in [5.74, 6) is 0.0000294. The number of ether oxygens (including phenoxy) is 2. The lowest BCUT2D eigenvalue weighted by Gasteiger charge is -2.27. The summed E-state index contributed by atoms with van der Waals surface area (Å²) in [6.45, 7) is 9.30. The number of likely N-dealkylation sites (tertiary alicyclic amines) is 1. The van der Waals surface area contributed by atoms with Crippen molar-refractivity contribution in [3.8, 4) is 0 Å². The molecule has 1 saturated heterocycles. The first-order valence-electron chi connectivity index (χ1n) is 9.03. The van der Waals surface area contributed by atoms with Crippen molar-refractivity contribution in [3.05, 3.63) is 3.95 Å². The van der Waals surface area contributed by atoms with E-state index in [0.29, 0.717) is 6.61 Å². The van der Waals surface area contributed by atoms with Crippen molar-refractivity contribution in [1.29, 1.82) is 0 Å². The smallest absolute Gasteiger partial charge is 0.309 e. The van der Waals surface area contributed by atoms with Gasteiger partial charge in [-0.05, 0) is 32.5 Å². The Hall–Kier alpha value is -1.03. The molecule has 9 heteroatoms. The highest BCUT2D eigenvalue weighted by molar-refractivity contribution is 7.73. The highest BCUT2D eigenvalue weighted by Gasteiger charge is 2.28. The number of piperidine rings is 1. The maximum Gasteiger partial charge on any atom is 0.309 e. The second-order valence-electron chi connectivity index (χ2n) is 6.08. The number of nitrogens with one attached hydrogen (secondary N) is 2. The molecule has 0 radical (unpaired) electrons. The van der Waals surface area contributed by atoms with Crippen molar-refractivity contribution in [2.75, 3.05) is 44.8 Å². The molecular formula is C16H29N4O3S2+. The lowest BCUT2D eigenvalue weighted by atomic mass is 9.97. The zero-order valence-electron chi connectivity index (χ0n) is 15.1. The topological polar surface area (TPSA) is 69.8 Å². The summed E-state index contributed by atoms with van der Waals surface area (Å²) in [6.07, 6.45) is 2.69. The van der Waals surface area contributed by atoms with E-state index in [0.717, 1.165) is 67.9 Å². The molecule has 1 fully saturated rings. The zero-order chi connectivity index (χ0) is 18.1. The number of carbonyl (C=O) groups is 1. The maximum atomic E-state index is 11.8. The number of aromatic nitrogens is 2. The maximum absolute atomic E-state index is 11.8. The molecule has 2 heterocycles. The summed E-state index contributed by atoms with van der Waals surface area (Å²) >= 11 is 6.93. The molecule has 1 aliphatic rings. The van der Waals surface area contributed by atoms with Gasteiger partial charge in [-0.25, -0.2) is 0 Å². The van der Waals surface area contributed by atoms with Crippen LogP contribution in [0.15, 0.2) is 0 Å². The van der Waals surface area contributed by atoms with Gasteiger partial charge in [0.15, 0.2) is 10.6 Å². The van der Waals surface area contributed by atoms with Gasteiger partial charge in [0.2, 0.25) is 5.13 Å². The Labute approximate surface area is 158 Å². The van der Waals surface area contributed by atoms with Crippen molar-refractivity contribution in [2.24, 2.45) is 5.92 Å². The minimum atomic E-state index is -0.0506. The second-order valence-corrected chi connectivity index (χ2v) is 7.71. The molecular weight excluding hydrogens is 360 g/mol. The van der Waals surface area contributed by atoms with E-state index in [9.17, 15) is 4.79 Å². The third-order valence-electron chi connectivity index (χ3n) is 4.24. The van der Waals surface area contributed by atoms with Gasteiger partial charge in [0.1, 0.15) is 0 Å². The van der Waals surface area contributed by atoms with E-state index >= 15 is 0 Å². The van der Waals surface area contributed by atoms with Gasteiger partial charge in [-0.15, -0.1) is 5.10 Å². The molecule has 2 N–H and O–H groups in total. The van der Waals surface area contributed by atoms with Gasteiger partial charge in [-0.1, -0.05) is 11.3 Å². The number of carbonyl (C=O) groups excluding carboxylic acids is 1. The van der Waals surface area contributed by atoms with E-state index in [2.05, 4.69) is 10.4 Å². The molecule has 1 aromatic heterocycles. The number of esters is 1. The van der Waals surface area contributed by atoms with Crippen molar-refractivity contribution in [3.63, 3.8) is 0 Å². The summed E-state index contributed by atoms with van der Waals surface area (Å²) in [5, 5.41) is 8.74. The van der Waals surface area contributed by atoms with Gasteiger partial charge in [0.05, 0.1) is 25.6 Å². The van der Waals surface area contributed by atoms with Crippen molar-refractivity contribution < 1.29 is 19.2 Å². The van der Waals surface area contributed by atoms with Crippen molar-refractivity contribution in [1.82, 2.24) is 9.78 Å². The van der Waals surface area contributed by atoms with E-state index in [-0.39, 0.29) is 11.9 Å². The lowest BCUT2D eigenvalue weighted by Crippen LogP contribution is -3.12. The third kappa shape index (κ3) is 6.65. The first-order valence-corrected chi connectivity index (χ1v) is 10.3. The number of rotatable bonds is 10. The number of hydrogen-bond acceptors (Lipinski definition) is 7. The van der Waals surface area contributed by atoms with Gasteiger partial charge < -0.3 is 19.7 Å². The molecule has 0 spiro atoms. The van der Waals surface area contributed by atoms with Crippen LogP contribution >= 0.6 is 23.6 Å². The predicted molar refractivity (Wildman–Crippen MR) is 101 cm³/mol. The van der Waals surface area contributed by atoms with E-state index in [1.54, 1.807) is 0 Å². The summed E-state index contributed by atoms with van der Waals surface area (Å²) in [4.78, 5) is 13.2. The normalized spacial score (nSPS) is 20.4. The van der Waals surface area contributed by atoms with Crippen LogP contribution in [0.4, 0.5) is 5.13 Å². The molecule has 1 aromatic rings. The van der Waals surface area contributed by atoms with Crippen LogP contribution in [0.25, 0.3) is 0 Å². The fourth-order valence-corrected chi connectivity index (χ4v) is 3.92. The monoisotopic (exact) mass is 389 g/mol. The van der Waals surface area contributed by atoms with Crippen LogP contribution < -0.4 is 10.2 Å².